The van der Waals surface area contributed by atoms with Gasteiger partial charge in [-0.05, 0) is 0 Å². The van der Waals surface area contributed by atoms with Crippen LogP contribution in [-0.2, 0) is 9.53 Å². The summed E-state index contributed by atoms with van der Waals surface area (Å²) in [5.74, 6) is -0.688. The Morgan fingerprint density at radius 2 is 1.92 bits per heavy atom. The molecule has 78 valence electrons. The van der Waals surface area contributed by atoms with Gasteiger partial charge in [-0.1, -0.05) is 13.8 Å². The van der Waals surface area contributed by atoms with Crippen molar-refractivity contribution in [2.24, 2.45) is 11.8 Å². The number of esters is 1. The highest BCUT2D eigenvalue weighted by molar-refractivity contribution is 5.65. The van der Waals surface area contributed by atoms with E-state index in [9.17, 15) is 9.90 Å². The predicted molar refractivity (Wildman–Crippen MR) is 48.1 cm³/mol. The van der Waals surface area contributed by atoms with Crippen LogP contribution in [0.5, 0.6) is 0 Å². The van der Waals surface area contributed by atoms with Crippen molar-refractivity contribution in [1.29, 1.82) is 0 Å². The van der Waals surface area contributed by atoms with E-state index in [1.807, 2.05) is 0 Å². The van der Waals surface area contributed by atoms with E-state index in [4.69, 9.17) is 9.84 Å². The van der Waals surface area contributed by atoms with Crippen molar-refractivity contribution in [2.45, 2.75) is 26.9 Å². The Labute approximate surface area is 78.5 Å². The van der Waals surface area contributed by atoms with E-state index in [-0.39, 0.29) is 31.0 Å². The lowest BCUT2D eigenvalue weighted by Gasteiger charge is -2.22. The summed E-state index contributed by atoms with van der Waals surface area (Å²) in [4.78, 5) is 10.5. The number of rotatable bonds is 5. The van der Waals surface area contributed by atoms with E-state index < -0.39 is 6.10 Å². The minimum atomic E-state index is -0.635. The summed E-state index contributed by atoms with van der Waals surface area (Å²) < 4.78 is 4.74. The lowest BCUT2D eigenvalue weighted by Crippen LogP contribution is -2.31. The van der Waals surface area contributed by atoms with Crippen LogP contribution in [-0.4, -0.2) is 35.5 Å². The number of aliphatic hydroxyl groups is 2. The second-order valence-electron chi connectivity index (χ2n) is 3.43. The molecule has 0 fully saturated rings. The van der Waals surface area contributed by atoms with Gasteiger partial charge in [0.05, 0.1) is 12.7 Å². The Balaban J connectivity index is 3.81. The van der Waals surface area contributed by atoms with Gasteiger partial charge in [-0.2, -0.15) is 0 Å². The Morgan fingerprint density at radius 3 is 2.31 bits per heavy atom. The van der Waals surface area contributed by atoms with Crippen LogP contribution in [0.25, 0.3) is 0 Å². The second-order valence-corrected chi connectivity index (χ2v) is 3.43. The molecular weight excluding hydrogens is 172 g/mol. The number of carbonyl (C=O) groups excluding carboxylic acids is 1. The van der Waals surface area contributed by atoms with Crippen LogP contribution in [0, 0.1) is 11.8 Å². The average molecular weight is 190 g/mol. The molecule has 13 heavy (non-hydrogen) atoms. The minimum absolute atomic E-state index is 0.0639. The largest absolute Gasteiger partial charge is 0.465 e. The van der Waals surface area contributed by atoms with Crippen LogP contribution >= 0.6 is 0 Å². The minimum Gasteiger partial charge on any atom is -0.465 e. The third kappa shape index (κ3) is 4.85. The number of ether oxygens (including phenoxy) is 1. The lowest BCUT2D eigenvalue weighted by molar-refractivity contribution is -0.143. The molecule has 0 aliphatic rings. The topological polar surface area (TPSA) is 66.8 Å². The molecule has 0 radical (unpaired) electrons. The van der Waals surface area contributed by atoms with E-state index in [0.29, 0.717) is 0 Å². The smallest absolute Gasteiger partial charge is 0.302 e. The normalized spacial score (nSPS) is 17.6. The first kappa shape index (κ1) is 12.4. The van der Waals surface area contributed by atoms with Crippen LogP contribution in [0.4, 0.5) is 0 Å². The van der Waals surface area contributed by atoms with Gasteiger partial charge in [-0.3, -0.25) is 4.79 Å². The highest BCUT2D eigenvalue weighted by Gasteiger charge is 2.21. The number of aliphatic hydroxyl groups excluding tert-OH is 2. The van der Waals surface area contributed by atoms with Crippen LogP contribution in [0.1, 0.15) is 20.8 Å². The van der Waals surface area contributed by atoms with Crippen molar-refractivity contribution >= 4 is 5.97 Å². The fourth-order valence-electron chi connectivity index (χ4n) is 1.02. The van der Waals surface area contributed by atoms with E-state index in [1.165, 1.54) is 6.92 Å². The van der Waals surface area contributed by atoms with Crippen molar-refractivity contribution in [3.8, 4) is 0 Å². The summed E-state index contributed by atoms with van der Waals surface area (Å²) in [5, 5.41) is 18.3. The summed E-state index contributed by atoms with van der Waals surface area (Å²) >= 11 is 0. The van der Waals surface area contributed by atoms with Crippen molar-refractivity contribution < 1.29 is 19.7 Å². The standard InChI is InChI=1S/C9H18O4/c1-6(4-10)9(12)7(2)5-13-8(3)11/h6-7,9-10,12H,4-5H2,1-3H3/t6-,7+,9+/m0/s1. The molecule has 0 saturated carbocycles. The molecule has 3 atom stereocenters. The first-order valence-corrected chi connectivity index (χ1v) is 4.41. The molecule has 0 aromatic rings. The van der Waals surface area contributed by atoms with Crippen molar-refractivity contribution in [2.75, 3.05) is 13.2 Å². The average Bonchev–Trinajstić information content (AvgIpc) is 2.11. The first-order chi connectivity index (χ1) is 5.99. The third-order valence-corrected chi connectivity index (χ3v) is 2.00. The maximum absolute atomic E-state index is 10.5. The van der Waals surface area contributed by atoms with E-state index >= 15 is 0 Å². The van der Waals surface area contributed by atoms with Gasteiger partial charge in [0.25, 0.3) is 0 Å². The molecule has 0 unspecified atom stereocenters. The van der Waals surface area contributed by atoms with Crippen molar-refractivity contribution in [3.05, 3.63) is 0 Å². The van der Waals surface area contributed by atoms with Gasteiger partial charge in [-0.15, -0.1) is 0 Å². The molecule has 0 heterocycles. The third-order valence-electron chi connectivity index (χ3n) is 2.00. The van der Waals surface area contributed by atoms with Gasteiger partial charge in [0, 0.05) is 25.4 Å². The van der Waals surface area contributed by atoms with Gasteiger partial charge in [0.1, 0.15) is 0 Å². The van der Waals surface area contributed by atoms with Crippen LogP contribution in [0.15, 0.2) is 0 Å². The molecule has 0 aromatic heterocycles. The molecule has 4 heteroatoms. The predicted octanol–water partition coefficient (Wildman–Crippen LogP) is 0.175. The molecular formula is C9H18O4. The summed E-state index contributed by atoms with van der Waals surface area (Å²) in [7, 11) is 0. The molecule has 0 amide bonds. The Morgan fingerprint density at radius 1 is 1.38 bits per heavy atom. The lowest BCUT2D eigenvalue weighted by atomic mass is 9.95. The molecule has 0 saturated heterocycles. The number of hydrogen-bond donors (Lipinski definition) is 2. The van der Waals surface area contributed by atoms with Gasteiger partial charge in [0.15, 0.2) is 0 Å². The van der Waals surface area contributed by atoms with Gasteiger partial charge < -0.3 is 14.9 Å². The molecule has 0 aromatic carbocycles. The maximum atomic E-state index is 10.5. The van der Waals surface area contributed by atoms with Crippen molar-refractivity contribution in [1.82, 2.24) is 0 Å². The summed E-state index contributed by atoms with van der Waals surface area (Å²) in [6, 6.07) is 0. The molecule has 0 spiro atoms. The first-order valence-electron chi connectivity index (χ1n) is 4.41. The van der Waals surface area contributed by atoms with E-state index in [2.05, 4.69) is 0 Å². The van der Waals surface area contributed by atoms with Crippen molar-refractivity contribution in [3.63, 3.8) is 0 Å². The monoisotopic (exact) mass is 190 g/mol. The van der Waals surface area contributed by atoms with Crippen LogP contribution in [0.3, 0.4) is 0 Å². The molecule has 2 N–H and O–H groups in total. The van der Waals surface area contributed by atoms with Gasteiger partial charge >= 0.3 is 5.97 Å². The van der Waals surface area contributed by atoms with Crippen LogP contribution < -0.4 is 0 Å². The number of carbonyl (C=O) groups is 1. The fraction of sp³-hybridized carbons (Fsp3) is 0.889. The molecule has 0 aliphatic heterocycles. The number of hydrogen-bond acceptors (Lipinski definition) is 4. The molecule has 0 aliphatic carbocycles. The van der Waals surface area contributed by atoms with Gasteiger partial charge in [0.2, 0.25) is 0 Å². The Hall–Kier alpha value is -0.610. The summed E-state index contributed by atoms with van der Waals surface area (Å²) in [6.45, 7) is 4.98. The highest BCUT2D eigenvalue weighted by atomic mass is 16.5. The Bertz CT molecular complexity index is 158. The van der Waals surface area contributed by atoms with E-state index in [1.54, 1.807) is 13.8 Å². The second kappa shape index (κ2) is 5.94. The fourth-order valence-corrected chi connectivity index (χ4v) is 1.02. The summed E-state index contributed by atoms with van der Waals surface area (Å²) in [5.41, 5.74) is 0. The maximum Gasteiger partial charge on any atom is 0.302 e. The highest BCUT2D eigenvalue weighted by Crippen LogP contribution is 2.12. The molecule has 0 bridgehead atoms. The van der Waals surface area contributed by atoms with Crippen LogP contribution in [0.2, 0.25) is 0 Å². The van der Waals surface area contributed by atoms with E-state index in [0.717, 1.165) is 0 Å². The van der Waals surface area contributed by atoms with Gasteiger partial charge in [-0.25, -0.2) is 0 Å². The molecule has 0 rings (SSSR count). The summed E-state index contributed by atoms with van der Waals surface area (Å²) in [6.07, 6.45) is -0.635. The SMILES string of the molecule is CC(=O)OC[C@@H](C)[C@H](O)[C@@H](C)CO. The molecule has 4 nitrogen and oxygen atoms in total. The zero-order valence-electron chi connectivity index (χ0n) is 8.36. The zero-order valence-corrected chi connectivity index (χ0v) is 8.36. The quantitative estimate of drug-likeness (QED) is 0.607. The Kier molecular flexibility index (Phi) is 5.66. The zero-order chi connectivity index (χ0) is 10.4.